The first-order chi connectivity index (χ1) is 13.5. The van der Waals surface area contributed by atoms with Gasteiger partial charge in [0.2, 0.25) is 0 Å². The highest BCUT2D eigenvalue weighted by Gasteiger charge is 2.24. The molecule has 0 unspecified atom stereocenters. The van der Waals surface area contributed by atoms with Gasteiger partial charge < -0.3 is 15.2 Å². The number of benzene rings is 3. The number of rotatable bonds is 2. The van der Waals surface area contributed by atoms with Gasteiger partial charge in [0.05, 0.1) is 5.69 Å². The van der Waals surface area contributed by atoms with Crippen LogP contribution < -0.4 is 0 Å². The summed E-state index contributed by atoms with van der Waals surface area (Å²) in [5, 5.41) is 20.6. The first-order valence-corrected chi connectivity index (χ1v) is 9.32. The van der Waals surface area contributed by atoms with Crippen molar-refractivity contribution in [3.63, 3.8) is 0 Å². The van der Waals surface area contributed by atoms with E-state index in [4.69, 9.17) is 0 Å². The highest BCUT2D eigenvalue weighted by atomic mass is 16.4. The maximum Gasteiger partial charge on any atom is 0.339 e. The average Bonchev–Trinajstić information content (AvgIpc) is 3.06. The van der Waals surface area contributed by atoms with Crippen molar-refractivity contribution in [3.8, 4) is 28.1 Å². The van der Waals surface area contributed by atoms with Crippen LogP contribution in [0.5, 0.6) is 5.75 Å². The van der Waals surface area contributed by atoms with Gasteiger partial charge >= 0.3 is 5.97 Å². The third-order valence-electron chi connectivity index (χ3n) is 5.66. The molecule has 0 amide bonds. The molecule has 1 aliphatic carbocycles. The molecule has 0 radical (unpaired) electrons. The second kappa shape index (κ2) is 5.99. The van der Waals surface area contributed by atoms with Crippen LogP contribution in [-0.4, -0.2) is 21.2 Å². The van der Waals surface area contributed by atoms with E-state index in [1.54, 1.807) is 12.1 Å². The number of aromatic carboxylic acids is 1. The van der Waals surface area contributed by atoms with Gasteiger partial charge in [0, 0.05) is 16.5 Å². The summed E-state index contributed by atoms with van der Waals surface area (Å²) in [7, 11) is 0. The Labute approximate surface area is 162 Å². The van der Waals surface area contributed by atoms with E-state index in [1.807, 2.05) is 0 Å². The number of phenols is 1. The number of nitrogens with one attached hydrogen (secondary N) is 1. The molecule has 3 aromatic carbocycles. The number of aromatic hydroxyl groups is 1. The lowest BCUT2D eigenvalue weighted by atomic mass is 9.87. The fourth-order valence-electron chi connectivity index (χ4n) is 4.17. The van der Waals surface area contributed by atoms with Gasteiger partial charge in [-0.1, -0.05) is 42.0 Å². The van der Waals surface area contributed by atoms with Gasteiger partial charge in [-0.25, -0.2) is 4.79 Å². The Morgan fingerprint density at radius 1 is 0.964 bits per heavy atom. The molecular formula is C24H19NO3. The number of carboxylic acids is 1. The summed E-state index contributed by atoms with van der Waals surface area (Å²) in [6.45, 7) is 2.08. The number of hydrogen-bond acceptors (Lipinski definition) is 2. The lowest BCUT2D eigenvalue weighted by Gasteiger charge is -2.18. The van der Waals surface area contributed by atoms with E-state index in [-0.39, 0.29) is 11.3 Å². The number of fused-ring (bicyclic) bond motifs is 5. The quantitative estimate of drug-likeness (QED) is 0.448. The predicted octanol–water partition coefficient (Wildman–Crippen LogP) is 5.31. The van der Waals surface area contributed by atoms with E-state index in [0.29, 0.717) is 0 Å². The first kappa shape index (κ1) is 16.6. The van der Waals surface area contributed by atoms with Crippen molar-refractivity contribution in [2.24, 2.45) is 0 Å². The van der Waals surface area contributed by atoms with E-state index >= 15 is 0 Å². The van der Waals surface area contributed by atoms with Crippen molar-refractivity contribution < 1.29 is 15.0 Å². The molecule has 1 aliphatic rings. The molecule has 0 saturated heterocycles. The molecule has 1 heterocycles. The number of aromatic nitrogens is 1. The monoisotopic (exact) mass is 369 g/mol. The van der Waals surface area contributed by atoms with Crippen LogP contribution in [0.2, 0.25) is 0 Å². The Bertz CT molecular complexity index is 1250. The van der Waals surface area contributed by atoms with Gasteiger partial charge in [-0.3, -0.25) is 0 Å². The highest BCUT2D eigenvalue weighted by Crippen LogP contribution is 2.41. The Morgan fingerprint density at radius 3 is 2.46 bits per heavy atom. The van der Waals surface area contributed by atoms with Gasteiger partial charge in [0.25, 0.3) is 0 Å². The SMILES string of the molecule is Cc1ccc(-c2ccc3c4c([nH]c3c2)-c2cc(O)c(C(=O)O)cc2CC4)cc1. The zero-order valence-electron chi connectivity index (χ0n) is 15.4. The van der Waals surface area contributed by atoms with E-state index in [0.717, 1.165) is 40.7 Å². The molecule has 138 valence electrons. The third kappa shape index (κ3) is 2.49. The van der Waals surface area contributed by atoms with Crippen LogP contribution in [0, 0.1) is 6.92 Å². The summed E-state index contributed by atoms with van der Waals surface area (Å²) in [5.74, 6) is -1.30. The van der Waals surface area contributed by atoms with Gasteiger partial charge in [-0.2, -0.15) is 0 Å². The minimum atomic E-state index is -1.11. The maximum absolute atomic E-state index is 11.3. The summed E-state index contributed by atoms with van der Waals surface area (Å²) >= 11 is 0. The van der Waals surface area contributed by atoms with Crippen molar-refractivity contribution in [3.05, 3.63) is 76.9 Å². The molecule has 0 saturated carbocycles. The summed E-state index contributed by atoms with van der Waals surface area (Å²) < 4.78 is 0. The number of aryl methyl sites for hydroxylation is 3. The van der Waals surface area contributed by atoms with Gasteiger partial charge in [0.15, 0.2) is 0 Å². The van der Waals surface area contributed by atoms with E-state index in [9.17, 15) is 15.0 Å². The number of H-pyrrole nitrogens is 1. The predicted molar refractivity (Wildman–Crippen MR) is 110 cm³/mol. The summed E-state index contributed by atoms with van der Waals surface area (Å²) in [6.07, 6.45) is 1.60. The van der Waals surface area contributed by atoms with E-state index in [2.05, 4.69) is 54.4 Å². The number of carbonyl (C=O) groups is 1. The first-order valence-electron chi connectivity index (χ1n) is 9.32. The summed E-state index contributed by atoms with van der Waals surface area (Å²) in [5.41, 5.74) is 8.60. The average molecular weight is 369 g/mol. The van der Waals surface area contributed by atoms with Gasteiger partial charge in [-0.15, -0.1) is 0 Å². The zero-order valence-corrected chi connectivity index (χ0v) is 15.4. The molecule has 0 fully saturated rings. The number of aromatic amines is 1. The van der Waals surface area contributed by atoms with Crippen molar-refractivity contribution in [1.29, 1.82) is 0 Å². The number of hydrogen-bond donors (Lipinski definition) is 3. The summed E-state index contributed by atoms with van der Waals surface area (Å²) in [4.78, 5) is 14.8. The molecule has 0 atom stereocenters. The molecule has 4 aromatic rings. The second-order valence-corrected chi connectivity index (χ2v) is 7.44. The van der Waals surface area contributed by atoms with Crippen LogP contribution in [0.3, 0.4) is 0 Å². The van der Waals surface area contributed by atoms with Crippen molar-refractivity contribution in [2.45, 2.75) is 19.8 Å². The fourth-order valence-corrected chi connectivity index (χ4v) is 4.17. The Kier molecular flexibility index (Phi) is 3.56. The lowest BCUT2D eigenvalue weighted by molar-refractivity contribution is 0.0693. The smallest absolute Gasteiger partial charge is 0.339 e. The second-order valence-electron chi connectivity index (χ2n) is 7.44. The fraction of sp³-hybridized carbons (Fsp3) is 0.125. The minimum Gasteiger partial charge on any atom is -0.507 e. The molecule has 0 bridgehead atoms. The van der Waals surface area contributed by atoms with Crippen LogP contribution in [0.15, 0.2) is 54.6 Å². The Balaban J connectivity index is 1.66. The zero-order chi connectivity index (χ0) is 19.4. The highest BCUT2D eigenvalue weighted by molar-refractivity contribution is 5.97. The van der Waals surface area contributed by atoms with Crippen molar-refractivity contribution in [2.75, 3.05) is 0 Å². The van der Waals surface area contributed by atoms with Crippen LogP contribution in [0.4, 0.5) is 0 Å². The standard InChI is InChI=1S/C24H19NO3/c1-13-2-4-14(5-3-13)15-6-8-17-18-9-7-16-10-20(24(27)28)22(26)12-19(16)23(18)25-21(17)11-15/h2-6,8,10-12,25-26H,7,9H2,1H3,(H,27,28). The van der Waals surface area contributed by atoms with Crippen LogP contribution in [0.1, 0.15) is 27.0 Å². The minimum absolute atomic E-state index is 0.0417. The Morgan fingerprint density at radius 2 is 1.71 bits per heavy atom. The summed E-state index contributed by atoms with van der Waals surface area (Å²) in [6, 6.07) is 18.1. The van der Waals surface area contributed by atoms with Crippen molar-refractivity contribution in [1.82, 2.24) is 4.98 Å². The lowest BCUT2D eigenvalue weighted by Crippen LogP contribution is -2.06. The van der Waals surface area contributed by atoms with Crippen molar-refractivity contribution >= 4 is 16.9 Å². The van der Waals surface area contributed by atoms with Gasteiger partial charge in [0.1, 0.15) is 11.3 Å². The Hall–Kier alpha value is -3.53. The molecule has 4 heteroatoms. The molecule has 28 heavy (non-hydrogen) atoms. The molecule has 3 N–H and O–H groups in total. The normalized spacial score (nSPS) is 12.6. The van der Waals surface area contributed by atoms with E-state index < -0.39 is 5.97 Å². The molecule has 1 aromatic heterocycles. The maximum atomic E-state index is 11.3. The molecule has 0 aliphatic heterocycles. The number of carboxylic acid groups (broad SMARTS) is 1. The van der Waals surface area contributed by atoms with Crippen LogP contribution in [0.25, 0.3) is 33.3 Å². The van der Waals surface area contributed by atoms with Crippen LogP contribution in [-0.2, 0) is 12.8 Å². The molecular weight excluding hydrogens is 350 g/mol. The molecule has 5 rings (SSSR count). The van der Waals surface area contributed by atoms with Gasteiger partial charge in [-0.05, 0) is 60.2 Å². The topological polar surface area (TPSA) is 73.3 Å². The molecule has 4 nitrogen and oxygen atoms in total. The largest absolute Gasteiger partial charge is 0.507 e. The van der Waals surface area contributed by atoms with Crippen LogP contribution >= 0.6 is 0 Å². The van der Waals surface area contributed by atoms with E-state index in [1.165, 1.54) is 22.1 Å². The third-order valence-corrected chi connectivity index (χ3v) is 5.66. The molecule has 0 spiro atoms.